The molecule has 1 aliphatic heterocycles. The molecule has 148 valence electrons. The Hall–Kier alpha value is -1.84. The fourth-order valence-electron chi connectivity index (χ4n) is 6.17. The number of phenols is 1. The lowest BCUT2D eigenvalue weighted by atomic mass is 9.52. The van der Waals surface area contributed by atoms with Crippen molar-refractivity contribution in [3.05, 3.63) is 65.2 Å². The van der Waals surface area contributed by atoms with Crippen LogP contribution in [-0.4, -0.2) is 34.9 Å². The van der Waals surface area contributed by atoms with Crippen LogP contribution in [0.4, 0.5) is 0 Å². The Kier molecular flexibility index (Phi) is 5.24. The average molecular weight is 398 g/mol. The molecule has 2 aliphatic carbocycles. The van der Waals surface area contributed by atoms with Gasteiger partial charge in [0.05, 0.1) is 6.54 Å². The summed E-state index contributed by atoms with van der Waals surface area (Å²) in [6, 6.07) is 16.1. The first-order valence-corrected chi connectivity index (χ1v) is 10.3. The molecule has 0 spiro atoms. The molecule has 0 radical (unpaired) electrons. The summed E-state index contributed by atoms with van der Waals surface area (Å²) < 4.78 is 0. The lowest BCUT2D eigenvalue weighted by Gasteiger charge is -2.59. The normalized spacial score (nSPS) is 28.6. The number of carbonyl (C=O) groups excluding carboxylic acids is 1. The topological polar surface area (TPSA) is 40.5 Å². The van der Waals surface area contributed by atoms with Crippen LogP contribution in [0.25, 0.3) is 0 Å². The Morgan fingerprint density at radius 3 is 2.75 bits per heavy atom. The van der Waals surface area contributed by atoms with Gasteiger partial charge in [0.2, 0.25) is 0 Å². The number of halogens is 1. The van der Waals surface area contributed by atoms with E-state index in [1.807, 2.05) is 42.5 Å². The van der Waals surface area contributed by atoms with Crippen LogP contribution in [-0.2, 0) is 11.8 Å². The number of ketones is 1. The van der Waals surface area contributed by atoms with E-state index in [-0.39, 0.29) is 23.6 Å². The summed E-state index contributed by atoms with van der Waals surface area (Å²) in [5.74, 6) is 1.24. The van der Waals surface area contributed by atoms with Gasteiger partial charge in [0.25, 0.3) is 0 Å². The summed E-state index contributed by atoms with van der Waals surface area (Å²) in [5.41, 5.74) is 3.81. The van der Waals surface area contributed by atoms with E-state index in [2.05, 4.69) is 11.0 Å². The van der Waals surface area contributed by atoms with Crippen molar-refractivity contribution in [3.63, 3.8) is 0 Å². The van der Waals surface area contributed by atoms with E-state index in [0.717, 1.165) is 24.9 Å². The summed E-state index contributed by atoms with van der Waals surface area (Å²) >= 11 is 0. The van der Waals surface area contributed by atoms with E-state index in [1.165, 1.54) is 36.8 Å². The number of piperidine rings is 1. The number of hydrogen-bond acceptors (Lipinski definition) is 3. The number of carbonyl (C=O) groups is 1. The highest BCUT2D eigenvalue weighted by Gasteiger charge is 2.53. The van der Waals surface area contributed by atoms with Crippen molar-refractivity contribution < 1.29 is 9.90 Å². The molecule has 1 saturated heterocycles. The van der Waals surface area contributed by atoms with Gasteiger partial charge in [-0.1, -0.05) is 49.2 Å². The van der Waals surface area contributed by atoms with Crippen LogP contribution in [0, 0.1) is 5.92 Å². The van der Waals surface area contributed by atoms with Crippen LogP contribution in [0.15, 0.2) is 48.5 Å². The molecule has 2 fully saturated rings. The van der Waals surface area contributed by atoms with Crippen LogP contribution in [0.3, 0.4) is 0 Å². The molecule has 3 atom stereocenters. The number of benzene rings is 2. The second kappa shape index (κ2) is 7.53. The molecular weight excluding hydrogens is 370 g/mol. The number of likely N-dealkylation sites (tertiary alicyclic amines) is 1. The highest BCUT2D eigenvalue weighted by Crippen LogP contribution is 2.56. The molecule has 0 unspecified atom stereocenters. The molecule has 0 aromatic heterocycles. The van der Waals surface area contributed by atoms with E-state index < -0.39 is 0 Å². The van der Waals surface area contributed by atoms with Crippen molar-refractivity contribution in [3.8, 4) is 5.75 Å². The Bertz CT molecular complexity index is 868. The van der Waals surface area contributed by atoms with E-state index in [1.54, 1.807) is 0 Å². The number of aromatic hydroxyl groups is 1. The summed E-state index contributed by atoms with van der Waals surface area (Å²) in [4.78, 5) is 15.3. The minimum absolute atomic E-state index is 0. The van der Waals surface area contributed by atoms with Crippen molar-refractivity contribution >= 4 is 18.2 Å². The fourth-order valence-corrected chi connectivity index (χ4v) is 6.17. The highest BCUT2D eigenvalue weighted by molar-refractivity contribution is 5.97. The van der Waals surface area contributed by atoms with Gasteiger partial charge in [0.15, 0.2) is 5.78 Å². The molecular formula is C24H28ClNO2. The van der Waals surface area contributed by atoms with Gasteiger partial charge in [-0.3, -0.25) is 9.69 Å². The Morgan fingerprint density at radius 2 is 1.93 bits per heavy atom. The monoisotopic (exact) mass is 397 g/mol. The third-order valence-corrected chi connectivity index (χ3v) is 7.38. The minimum atomic E-state index is 0. The van der Waals surface area contributed by atoms with Gasteiger partial charge in [-0.05, 0) is 61.4 Å². The van der Waals surface area contributed by atoms with Gasteiger partial charge in [0.1, 0.15) is 5.75 Å². The lowest BCUT2D eigenvalue weighted by Crippen LogP contribution is -2.61. The summed E-state index contributed by atoms with van der Waals surface area (Å²) in [5, 5.41) is 10.1. The quantitative estimate of drug-likeness (QED) is 0.759. The van der Waals surface area contributed by atoms with Crippen molar-refractivity contribution in [2.24, 2.45) is 5.92 Å². The number of rotatable bonds is 3. The largest absolute Gasteiger partial charge is 0.508 e. The predicted octanol–water partition coefficient (Wildman–Crippen LogP) is 4.76. The highest BCUT2D eigenvalue weighted by atomic mass is 35.5. The van der Waals surface area contributed by atoms with E-state index in [9.17, 15) is 9.90 Å². The average Bonchev–Trinajstić information content (AvgIpc) is 2.71. The standard InChI is InChI=1S/C24H27NO2.ClH/c26-19-10-9-18-14-22-20-8-4-5-11-24(20,21(18)15-19)12-13-25(22)16-23(27)17-6-2-1-3-7-17;/h1-3,6-7,9-10,15,20,22,26H,4-5,8,11-14,16H2;1H/t20-,22-,24-;/m0./s1. The Morgan fingerprint density at radius 1 is 1.11 bits per heavy atom. The van der Waals surface area contributed by atoms with Gasteiger partial charge >= 0.3 is 0 Å². The Balaban J connectivity index is 0.00000192. The first-order valence-electron chi connectivity index (χ1n) is 10.3. The van der Waals surface area contributed by atoms with Crippen LogP contribution >= 0.6 is 12.4 Å². The summed E-state index contributed by atoms with van der Waals surface area (Å²) in [7, 11) is 0. The molecule has 3 nitrogen and oxygen atoms in total. The first-order chi connectivity index (χ1) is 13.2. The fraction of sp³-hybridized carbons (Fsp3) is 0.458. The molecule has 2 bridgehead atoms. The number of fused-ring (bicyclic) bond motifs is 1. The zero-order valence-corrected chi connectivity index (χ0v) is 17.0. The molecule has 1 saturated carbocycles. The van der Waals surface area contributed by atoms with Gasteiger partial charge in [0, 0.05) is 17.0 Å². The predicted molar refractivity (Wildman–Crippen MR) is 113 cm³/mol. The van der Waals surface area contributed by atoms with Gasteiger partial charge in [-0.2, -0.15) is 0 Å². The van der Waals surface area contributed by atoms with Crippen molar-refractivity contribution in [2.45, 2.75) is 50.0 Å². The van der Waals surface area contributed by atoms with Crippen LogP contribution in [0.1, 0.15) is 53.6 Å². The molecule has 2 aromatic rings. The third kappa shape index (κ3) is 3.05. The zero-order valence-electron chi connectivity index (χ0n) is 16.1. The molecule has 5 rings (SSSR count). The molecule has 1 heterocycles. The smallest absolute Gasteiger partial charge is 0.176 e. The van der Waals surface area contributed by atoms with Gasteiger partial charge < -0.3 is 5.11 Å². The molecule has 0 amide bonds. The molecule has 1 N–H and O–H groups in total. The van der Waals surface area contributed by atoms with E-state index in [4.69, 9.17) is 0 Å². The van der Waals surface area contributed by atoms with Crippen molar-refractivity contribution in [2.75, 3.05) is 13.1 Å². The second-order valence-corrected chi connectivity index (χ2v) is 8.63. The number of phenolic OH excluding ortho intramolecular Hbond substituents is 1. The molecule has 2 aromatic carbocycles. The van der Waals surface area contributed by atoms with Gasteiger partial charge in [-0.25, -0.2) is 0 Å². The van der Waals surface area contributed by atoms with Crippen LogP contribution in [0.2, 0.25) is 0 Å². The van der Waals surface area contributed by atoms with Crippen LogP contribution in [0.5, 0.6) is 5.75 Å². The lowest BCUT2D eigenvalue weighted by molar-refractivity contribution is -0.00848. The number of hydrogen-bond donors (Lipinski definition) is 1. The maximum Gasteiger partial charge on any atom is 0.176 e. The van der Waals surface area contributed by atoms with E-state index >= 15 is 0 Å². The van der Waals surface area contributed by atoms with Crippen molar-refractivity contribution in [1.29, 1.82) is 0 Å². The SMILES string of the molecule is Cl.O=C(CN1CC[C@@]23CCCC[C@H]2[C@@H]1Cc1ccc(O)cc13)c1ccccc1. The maximum atomic E-state index is 12.8. The van der Waals surface area contributed by atoms with Crippen LogP contribution < -0.4 is 0 Å². The third-order valence-electron chi connectivity index (χ3n) is 7.38. The first kappa shape index (κ1) is 19.5. The molecule has 4 heteroatoms. The maximum absolute atomic E-state index is 12.8. The second-order valence-electron chi connectivity index (χ2n) is 8.63. The minimum Gasteiger partial charge on any atom is -0.508 e. The Labute approximate surface area is 173 Å². The number of nitrogens with zero attached hydrogens (tertiary/aromatic N) is 1. The zero-order chi connectivity index (χ0) is 18.4. The number of Topliss-reactive ketones (excluding diaryl/α,β-unsaturated/α-hetero) is 1. The molecule has 3 aliphatic rings. The van der Waals surface area contributed by atoms with E-state index in [0.29, 0.717) is 24.3 Å². The van der Waals surface area contributed by atoms with Crippen molar-refractivity contribution in [1.82, 2.24) is 4.90 Å². The summed E-state index contributed by atoms with van der Waals surface area (Å²) in [6.45, 7) is 1.50. The summed E-state index contributed by atoms with van der Waals surface area (Å²) in [6.07, 6.45) is 7.15. The molecule has 28 heavy (non-hydrogen) atoms. The van der Waals surface area contributed by atoms with Gasteiger partial charge in [-0.15, -0.1) is 12.4 Å².